The molecule has 2 nitrogen and oxygen atoms in total. The fraction of sp³-hybridized carbons (Fsp3) is 0.294. The first-order chi connectivity index (χ1) is 9.70. The maximum atomic E-state index is 5.66. The molecule has 0 bridgehead atoms. The number of rotatable bonds is 6. The van der Waals surface area contributed by atoms with Crippen molar-refractivity contribution in [3.05, 3.63) is 64.1 Å². The number of hydrogen-bond acceptors (Lipinski definition) is 2. The van der Waals surface area contributed by atoms with Crippen LogP contribution in [-0.4, -0.2) is 13.6 Å². The van der Waals surface area contributed by atoms with E-state index in [-0.39, 0.29) is 0 Å². The standard InChI is InChI=1S/C17H21BrN2/c1-20(11-5-8-14-6-3-2-4-7-14)17-10-9-15(13-19)12-16(17)18/h2-4,6-7,9-10,12H,5,8,11,13,19H2,1H3. The summed E-state index contributed by atoms with van der Waals surface area (Å²) in [5.74, 6) is 0. The Morgan fingerprint density at radius 3 is 2.45 bits per heavy atom. The molecule has 20 heavy (non-hydrogen) atoms. The molecule has 0 spiro atoms. The molecule has 0 aromatic heterocycles. The van der Waals surface area contributed by atoms with Crippen LogP contribution in [0.5, 0.6) is 0 Å². The molecule has 0 heterocycles. The van der Waals surface area contributed by atoms with Crippen molar-refractivity contribution in [1.82, 2.24) is 0 Å². The molecule has 3 heteroatoms. The van der Waals surface area contributed by atoms with Gasteiger partial charge < -0.3 is 10.6 Å². The normalized spacial score (nSPS) is 10.6. The van der Waals surface area contributed by atoms with Crippen LogP contribution in [0.1, 0.15) is 17.5 Å². The summed E-state index contributed by atoms with van der Waals surface area (Å²) in [6, 6.07) is 17.0. The zero-order valence-corrected chi connectivity index (χ0v) is 13.4. The van der Waals surface area contributed by atoms with Crippen LogP contribution in [0, 0.1) is 0 Å². The minimum absolute atomic E-state index is 0.580. The average molecular weight is 333 g/mol. The van der Waals surface area contributed by atoms with Crippen molar-refractivity contribution in [3.8, 4) is 0 Å². The zero-order valence-electron chi connectivity index (χ0n) is 11.8. The van der Waals surface area contributed by atoms with Gasteiger partial charge in [-0.25, -0.2) is 0 Å². The Bertz CT molecular complexity index is 540. The van der Waals surface area contributed by atoms with E-state index in [1.807, 2.05) is 0 Å². The predicted octanol–water partition coefficient (Wildman–Crippen LogP) is 3.98. The van der Waals surface area contributed by atoms with Gasteiger partial charge in [0.25, 0.3) is 0 Å². The van der Waals surface area contributed by atoms with Crippen LogP contribution in [0.15, 0.2) is 53.0 Å². The van der Waals surface area contributed by atoms with E-state index in [1.165, 1.54) is 11.3 Å². The number of aryl methyl sites for hydroxylation is 1. The average Bonchev–Trinajstić information content (AvgIpc) is 2.48. The van der Waals surface area contributed by atoms with Gasteiger partial charge in [0, 0.05) is 24.6 Å². The predicted molar refractivity (Wildman–Crippen MR) is 90.1 cm³/mol. The summed E-state index contributed by atoms with van der Waals surface area (Å²) in [5.41, 5.74) is 9.43. The number of nitrogens with zero attached hydrogens (tertiary/aromatic N) is 1. The van der Waals surface area contributed by atoms with E-state index in [9.17, 15) is 0 Å². The van der Waals surface area contributed by atoms with Crippen molar-refractivity contribution < 1.29 is 0 Å². The Hall–Kier alpha value is -1.32. The summed E-state index contributed by atoms with van der Waals surface area (Å²) in [7, 11) is 2.13. The van der Waals surface area contributed by atoms with E-state index in [2.05, 4.69) is 76.4 Å². The fourth-order valence-electron chi connectivity index (χ4n) is 2.27. The molecule has 2 rings (SSSR count). The highest BCUT2D eigenvalue weighted by Gasteiger charge is 2.06. The summed E-state index contributed by atoms with van der Waals surface area (Å²) < 4.78 is 1.11. The molecule has 0 unspecified atom stereocenters. The number of benzene rings is 2. The van der Waals surface area contributed by atoms with Gasteiger partial charge >= 0.3 is 0 Å². The summed E-state index contributed by atoms with van der Waals surface area (Å²) in [5, 5.41) is 0. The van der Waals surface area contributed by atoms with Crippen LogP contribution in [0.3, 0.4) is 0 Å². The number of anilines is 1. The van der Waals surface area contributed by atoms with Crippen molar-refractivity contribution in [2.75, 3.05) is 18.5 Å². The maximum Gasteiger partial charge on any atom is 0.0508 e. The molecule has 0 saturated heterocycles. The monoisotopic (exact) mass is 332 g/mol. The second kappa shape index (κ2) is 7.46. The quantitative estimate of drug-likeness (QED) is 0.866. The topological polar surface area (TPSA) is 29.3 Å². The lowest BCUT2D eigenvalue weighted by Crippen LogP contribution is -2.19. The molecule has 2 aromatic carbocycles. The third kappa shape index (κ3) is 4.09. The lowest BCUT2D eigenvalue weighted by molar-refractivity contribution is 0.784. The summed E-state index contributed by atoms with van der Waals surface area (Å²) in [4.78, 5) is 2.29. The molecule has 0 atom stereocenters. The highest BCUT2D eigenvalue weighted by molar-refractivity contribution is 9.10. The Labute approximate surface area is 129 Å². The largest absolute Gasteiger partial charge is 0.374 e. The molecular formula is C17H21BrN2. The number of hydrogen-bond donors (Lipinski definition) is 1. The van der Waals surface area contributed by atoms with E-state index >= 15 is 0 Å². The number of halogens is 1. The second-order valence-electron chi connectivity index (χ2n) is 5.00. The zero-order chi connectivity index (χ0) is 14.4. The van der Waals surface area contributed by atoms with Crippen LogP contribution in [0.25, 0.3) is 0 Å². The van der Waals surface area contributed by atoms with Crippen LogP contribution in [0.2, 0.25) is 0 Å². The molecule has 0 aliphatic heterocycles. The summed E-state index contributed by atoms with van der Waals surface area (Å²) in [6.07, 6.45) is 2.26. The minimum Gasteiger partial charge on any atom is -0.374 e. The van der Waals surface area contributed by atoms with Gasteiger partial charge in [0.15, 0.2) is 0 Å². The van der Waals surface area contributed by atoms with Gasteiger partial charge in [-0.3, -0.25) is 0 Å². The Morgan fingerprint density at radius 2 is 1.80 bits per heavy atom. The van der Waals surface area contributed by atoms with E-state index in [0.717, 1.165) is 29.4 Å². The summed E-state index contributed by atoms with van der Waals surface area (Å²) in [6.45, 7) is 1.62. The van der Waals surface area contributed by atoms with Crippen molar-refractivity contribution in [3.63, 3.8) is 0 Å². The fourth-order valence-corrected chi connectivity index (χ4v) is 3.00. The van der Waals surface area contributed by atoms with Crippen LogP contribution in [-0.2, 0) is 13.0 Å². The van der Waals surface area contributed by atoms with Crippen molar-refractivity contribution in [2.24, 2.45) is 5.73 Å². The van der Waals surface area contributed by atoms with Crippen molar-refractivity contribution in [2.45, 2.75) is 19.4 Å². The highest BCUT2D eigenvalue weighted by Crippen LogP contribution is 2.26. The molecule has 106 valence electrons. The molecule has 0 amide bonds. The first kappa shape index (κ1) is 15.1. The van der Waals surface area contributed by atoms with Crippen molar-refractivity contribution >= 4 is 21.6 Å². The van der Waals surface area contributed by atoms with Gasteiger partial charge in [0.1, 0.15) is 0 Å². The van der Waals surface area contributed by atoms with E-state index in [4.69, 9.17) is 5.73 Å². The Kier molecular flexibility index (Phi) is 5.62. The Morgan fingerprint density at radius 1 is 1.05 bits per heavy atom. The first-order valence-corrected chi connectivity index (χ1v) is 7.73. The highest BCUT2D eigenvalue weighted by atomic mass is 79.9. The van der Waals surface area contributed by atoms with Crippen LogP contribution < -0.4 is 10.6 Å². The second-order valence-corrected chi connectivity index (χ2v) is 5.85. The molecule has 2 aromatic rings. The maximum absolute atomic E-state index is 5.66. The van der Waals surface area contributed by atoms with Crippen LogP contribution >= 0.6 is 15.9 Å². The van der Waals surface area contributed by atoms with E-state index < -0.39 is 0 Å². The molecule has 0 aliphatic rings. The SMILES string of the molecule is CN(CCCc1ccccc1)c1ccc(CN)cc1Br. The van der Waals surface area contributed by atoms with Gasteiger partial charge in [-0.1, -0.05) is 36.4 Å². The third-order valence-electron chi connectivity index (χ3n) is 3.46. The Balaban J connectivity index is 1.90. The molecule has 0 radical (unpaired) electrons. The number of nitrogens with two attached hydrogens (primary N) is 1. The van der Waals surface area contributed by atoms with Gasteiger partial charge in [-0.2, -0.15) is 0 Å². The molecule has 0 fully saturated rings. The third-order valence-corrected chi connectivity index (χ3v) is 4.10. The molecule has 2 N–H and O–H groups in total. The van der Waals surface area contributed by atoms with Gasteiger partial charge in [-0.05, 0) is 52.0 Å². The van der Waals surface area contributed by atoms with Gasteiger partial charge in [-0.15, -0.1) is 0 Å². The van der Waals surface area contributed by atoms with Crippen molar-refractivity contribution in [1.29, 1.82) is 0 Å². The molecule has 0 saturated carbocycles. The van der Waals surface area contributed by atoms with E-state index in [0.29, 0.717) is 6.54 Å². The lowest BCUT2D eigenvalue weighted by atomic mass is 10.1. The molecular weight excluding hydrogens is 312 g/mol. The van der Waals surface area contributed by atoms with Gasteiger partial charge in [0.2, 0.25) is 0 Å². The minimum atomic E-state index is 0.580. The van der Waals surface area contributed by atoms with E-state index in [1.54, 1.807) is 0 Å². The van der Waals surface area contributed by atoms with Gasteiger partial charge in [0.05, 0.1) is 5.69 Å². The lowest BCUT2D eigenvalue weighted by Gasteiger charge is -2.21. The summed E-state index contributed by atoms with van der Waals surface area (Å²) >= 11 is 3.63. The molecule has 0 aliphatic carbocycles. The smallest absolute Gasteiger partial charge is 0.0508 e. The van der Waals surface area contributed by atoms with Crippen LogP contribution in [0.4, 0.5) is 5.69 Å². The first-order valence-electron chi connectivity index (χ1n) is 6.94.